The van der Waals surface area contributed by atoms with Gasteiger partial charge in [-0.1, -0.05) is 40.5 Å². The molecule has 1 fully saturated rings. The van der Waals surface area contributed by atoms with Crippen LogP contribution >= 0.6 is 0 Å². The van der Waals surface area contributed by atoms with Crippen molar-refractivity contribution in [2.24, 2.45) is 17.3 Å². The van der Waals surface area contributed by atoms with Crippen LogP contribution in [0.15, 0.2) is 0 Å². The van der Waals surface area contributed by atoms with Gasteiger partial charge in [-0.3, -0.25) is 0 Å². The van der Waals surface area contributed by atoms with Crippen molar-refractivity contribution >= 4 is 0 Å². The minimum absolute atomic E-state index is 0.588. The van der Waals surface area contributed by atoms with E-state index in [1.807, 2.05) is 0 Å². The van der Waals surface area contributed by atoms with Crippen LogP contribution in [0.5, 0.6) is 0 Å². The van der Waals surface area contributed by atoms with Crippen LogP contribution < -0.4 is 0 Å². The summed E-state index contributed by atoms with van der Waals surface area (Å²) in [4.78, 5) is 0. The van der Waals surface area contributed by atoms with Crippen molar-refractivity contribution in [3.63, 3.8) is 0 Å². The molecule has 71 valence electrons. The first kappa shape index (κ1) is 10.1. The molecule has 0 saturated heterocycles. The zero-order chi connectivity index (χ0) is 9.19. The molecule has 0 aromatic carbocycles. The summed E-state index contributed by atoms with van der Waals surface area (Å²) in [5.41, 5.74) is 0.588. The van der Waals surface area contributed by atoms with Crippen molar-refractivity contribution in [3.05, 3.63) is 6.92 Å². The summed E-state index contributed by atoms with van der Waals surface area (Å²) in [6.45, 7) is 11.2. The first-order valence-electron chi connectivity index (χ1n) is 5.35. The van der Waals surface area contributed by atoms with E-state index in [9.17, 15) is 0 Å². The molecule has 0 spiro atoms. The Morgan fingerprint density at radius 3 is 2.67 bits per heavy atom. The lowest BCUT2D eigenvalue weighted by Gasteiger charge is -2.41. The van der Waals surface area contributed by atoms with E-state index in [1.54, 1.807) is 0 Å². The molecule has 0 aromatic rings. The molecule has 0 N–H and O–H groups in total. The summed E-state index contributed by atoms with van der Waals surface area (Å²) >= 11 is 0. The van der Waals surface area contributed by atoms with Crippen LogP contribution in [0.2, 0.25) is 0 Å². The fourth-order valence-corrected chi connectivity index (χ4v) is 2.50. The van der Waals surface area contributed by atoms with Gasteiger partial charge in [-0.2, -0.15) is 0 Å². The largest absolute Gasteiger partial charge is 0.0625 e. The molecule has 1 saturated carbocycles. The molecule has 0 aromatic heterocycles. The van der Waals surface area contributed by atoms with Gasteiger partial charge in [-0.05, 0) is 36.5 Å². The van der Waals surface area contributed by atoms with E-state index in [2.05, 4.69) is 27.7 Å². The molecule has 0 nitrogen and oxygen atoms in total. The minimum atomic E-state index is 0.588. The fraction of sp³-hybridized carbons (Fsp3) is 0.917. The zero-order valence-electron chi connectivity index (χ0n) is 8.90. The minimum Gasteiger partial charge on any atom is -0.0625 e. The van der Waals surface area contributed by atoms with Gasteiger partial charge in [-0.15, -0.1) is 0 Å². The Bertz CT molecular complexity index is 135. The lowest BCUT2D eigenvalue weighted by Crippen LogP contribution is -2.30. The van der Waals surface area contributed by atoms with Crippen molar-refractivity contribution in [2.45, 2.75) is 52.9 Å². The van der Waals surface area contributed by atoms with E-state index >= 15 is 0 Å². The van der Waals surface area contributed by atoms with Crippen LogP contribution in [0.25, 0.3) is 0 Å². The van der Waals surface area contributed by atoms with Gasteiger partial charge in [-0.25, -0.2) is 0 Å². The standard InChI is InChI=1S/C12H23/c1-5-6-11-9-10(2)7-8-12(11,3)4/h10-11H,1,5-9H2,2-4H3. The van der Waals surface area contributed by atoms with Gasteiger partial charge in [0.1, 0.15) is 0 Å². The lowest BCUT2D eigenvalue weighted by atomic mass is 9.64. The lowest BCUT2D eigenvalue weighted by molar-refractivity contribution is 0.0979. The topological polar surface area (TPSA) is 0 Å². The molecule has 0 amide bonds. The Hall–Kier alpha value is 0. The Labute approximate surface area is 77.7 Å². The van der Waals surface area contributed by atoms with Crippen molar-refractivity contribution in [3.8, 4) is 0 Å². The maximum absolute atomic E-state index is 3.97. The number of rotatable bonds is 2. The average Bonchev–Trinajstić information content (AvgIpc) is 1.98. The third-order valence-corrected chi connectivity index (χ3v) is 3.63. The molecule has 2 unspecified atom stereocenters. The maximum atomic E-state index is 3.97. The highest BCUT2D eigenvalue weighted by Crippen LogP contribution is 2.44. The van der Waals surface area contributed by atoms with Gasteiger partial charge in [0.25, 0.3) is 0 Å². The molecule has 1 aliphatic rings. The molecule has 2 atom stereocenters. The summed E-state index contributed by atoms with van der Waals surface area (Å²) in [6.07, 6.45) is 6.72. The first-order chi connectivity index (χ1) is 5.56. The Morgan fingerprint density at radius 2 is 2.08 bits per heavy atom. The summed E-state index contributed by atoms with van der Waals surface area (Å²) in [5, 5.41) is 0. The van der Waals surface area contributed by atoms with Crippen LogP contribution in [0, 0.1) is 24.2 Å². The summed E-state index contributed by atoms with van der Waals surface area (Å²) in [6, 6.07) is 0. The van der Waals surface area contributed by atoms with E-state index < -0.39 is 0 Å². The Balaban J connectivity index is 2.52. The fourth-order valence-electron chi connectivity index (χ4n) is 2.50. The van der Waals surface area contributed by atoms with Gasteiger partial charge in [0, 0.05) is 0 Å². The monoisotopic (exact) mass is 167 g/mol. The molecule has 0 heterocycles. The highest BCUT2D eigenvalue weighted by molar-refractivity contribution is 4.85. The van der Waals surface area contributed by atoms with E-state index in [1.165, 1.54) is 25.7 Å². The van der Waals surface area contributed by atoms with Gasteiger partial charge in [0.2, 0.25) is 0 Å². The second-order valence-electron chi connectivity index (χ2n) is 5.21. The van der Waals surface area contributed by atoms with Gasteiger partial charge in [0.15, 0.2) is 0 Å². The third kappa shape index (κ3) is 2.24. The predicted molar refractivity (Wildman–Crippen MR) is 54.9 cm³/mol. The molecule has 0 bridgehead atoms. The Kier molecular flexibility index (Phi) is 3.20. The maximum Gasteiger partial charge on any atom is -0.0326 e. The number of hydrogen-bond acceptors (Lipinski definition) is 0. The molecule has 1 rings (SSSR count). The van der Waals surface area contributed by atoms with Crippen LogP contribution in [0.4, 0.5) is 0 Å². The third-order valence-electron chi connectivity index (χ3n) is 3.63. The highest BCUT2D eigenvalue weighted by Gasteiger charge is 2.33. The molecular weight excluding hydrogens is 144 g/mol. The normalized spacial score (nSPS) is 35.0. The predicted octanol–water partition coefficient (Wildman–Crippen LogP) is 4.06. The van der Waals surface area contributed by atoms with Gasteiger partial charge < -0.3 is 0 Å². The van der Waals surface area contributed by atoms with Crippen molar-refractivity contribution in [1.82, 2.24) is 0 Å². The highest BCUT2D eigenvalue weighted by atomic mass is 14.4. The van der Waals surface area contributed by atoms with E-state index in [0.717, 1.165) is 18.3 Å². The molecule has 0 heteroatoms. The average molecular weight is 167 g/mol. The second kappa shape index (κ2) is 3.81. The van der Waals surface area contributed by atoms with E-state index in [-0.39, 0.29) is 0 Å². The quantitative estimate of drug-likeness (QED) is 0.581. The van der Waals surface area contributed by atoms with Crippen molar-refractivity contribution < 1.29 is 0 Å². The molecule has 12 heavy (non-hydrogen) atoms. The molecule has 1 aliphatic carbocycles. The van der Waals surface area contributed by atoms with E-state index in [4.69, 9.17) is 0 Å². The SMILES string of the molecule is [CH2]CCC1CC(C)CCC1(C)C. The van der Waals surface area contributed by atoms with Crippen LogP contribution in [0.3, 0.4) is 0 Å². The zero-order valence-corrected chi connectivity index (χ0v) is 8.90. The van der Waals surface area contributed by atoms with Crippen molar-refractivity contribution in [2.75, 3.05) is 0 Å². The summed E-state index contributed by atoms with van der Waals surface area (Å²) in [5.74, 6) is 1.88. The number of hydrogen-bond donors (Lipinski definition) is 0. The van der Waals surface area contributed by atoms with Crippen molar-refractivity contribution in [1.29, 1.82) is 0 Å². The van der Waals surface area contributed by atoms with Gasteiger partial charge in [0.05, 0.1) is 0 Å². The summed E-state index contributed by atoms with van der Waals surface area (Å²) in [7, 11) is 0. The Morgan fingerprint density at radius 1 is 1.42 bits per heavy atom. The second-order valence-corrected chi connectivity index (χ2v) is 5.21. The van der Waals surface area contributed by atoms with E-state index in [0.29, 0.717) is 5.41 Å². The van der Waals surface area contributed by atoms with Crippen LogP contribution in [0.1, 0.15) is 52.9 Å². The van der Waals surface area contributed by atoms with Crippen LogP contribution in [-0.4, -0.2) is 0 Å². The molecule has 1 radical (unpaired) electrons. The smallest absolute Gasteiger partial charge is 0.0326 e. The van der Waals surface area contributed by atoms with Gasteiger partial charge >= 0.3 is 0 Å². The molecule has 0 aliphatic heterocycles. The summed E-state index contributed by atoms with van der Waals surface area (Å²) < 4.78 is 0. The molecular formula is C12H23. The van der Waals surface area contributed by atoms with Crippen LogP contribution in [-0.2, 0) is 0 Å². The first-order valence-corrected chi connectivity index (χ1v) is 5.35.